The molecule has 290 valence electrons. The van der Waals surface area contributed by atoms with E-state index in [9.17, 15) is 0 Å². The van der Waals surface area contributed by atoms with E-state index in [1.165, 1.54) is 94.3 Å². The van der Waals surface area contributed by atoms with Crippen LogP contribution >= 0.6 is 0 Å². The minimum absolute atomic E-state index is 0.766. The second kappa shape index (κ2) is 16.2. The van der Waals surface area contributed by atoms with Crippen LogP contribution in [0.4, 0.5) is 0 Å². The Balaban J connectivity index is 0.000000372. The molecule has 1 aliphatic carbocycles. The Morgan fingerprint density at radius 1 is 0.500 bits per heavy atom. The van der Waals surface area contributed by atoms with E-state index >= 15 is 0 Å². The van der Waals surface area contributed by atoms with Crippen LogP contribution in [-0.4, -0.2) is 10.3 Å². The molecule has 1 aromatic heterocycles. The van der Waals surface area contributed by atoms with Crippen LogP contribution in [0.15, 0.2) is 200 Å². The molecule has 0 saturated heterocycles. The zero-order valence-electron chi connectivity index (χ0n) is 34.8. The lowest BCUT2D eigenvalue weighted by Crippen LogP contribution is -1.99. The maximum atomic E-state index is 5.23. The molecule has 0 spiro atoms. The highest BCUT2D eigenvalue weighted by Gasteiger charge is 2.26. The fourth-order valence-electron chi connectivity index (χ4n) is 8.97. The second-order valence-electron chi connectivity index (χ2n) is 15.4. The predicted octanol–water partition coefficient (Wildman–Crippen LogP) is 15.9. The van der Waals surface area contributed by atoms with Gasteiger partial charge in [-0.15, -0.1) is 0 Å². The van der Waals surface area contributed by atoms with Crippen LogP contribution in [0.3, 0.4) is 0 Å². The van der Waals surface area contributed by atoms with Crippen molar-refractivity contribution in [3.05, 3.63) is 223 Å². The van der Waals surface area contributed by atoms with Gasteiger partial charge in [0.15, 0.2) is 0 Å². The Kier molecular flexibility index (Phi) is 10.3. The molecule has 0 bridgehead atoms. The molecule has 2 aliphatic rings. The summed E-state index contributed by atoms with van der Waals surface area (Å²) in [5.74, 6) is 0. The van der Waals surface area contributed by atoms with Gasteiger partial charge in [0, 0.05) is 38.7 Å². The topological polar surface area (TPSA) is 17.3 Å². The average molecular weight is 773 g/mol. The van der Waals surface area contributed by atoms with Crippen molar-refractivity contribution in [2.75, 3.05) is 0 Å². The molecule has 60 heavy (non-hydrogen) atoms. The molecule has 8 aromatic carbocycles. The van der Waals surface area contributed by atoms with Gasteiger partial charge in [-0.3, -0.25) is 4.99 Å². The van der Waals surface area contributed by atoms with Crippen molar-refractivity contribution in [1.82, 2.24) is 4.57 Å². The monoisotopic (exact) mass is 772 g/mol. The predicted molar refractivity (Wildman–Crippen MR) is 259 cm³/mol. The summed E-state index contributed by atoms with van der Waals surface area (Å²) in [5, 5.41) is 2.44. The van der Waals surface area contributed by atoms with Gasteiger partial charge in [0.2, 0.25) is 0 Å². The summed E-state index contributed by atoms with van der Waals surface area (Å²) >= 11 is 0. The normalized spacial score (nSPS) is 11.8. The zero-order chi connectivity index (χ0) is 41.3. The number of aliphatic imine (C=N–C) groups is 1. The van der Waals surface area contributed by atoms with Gasteiger partial charge in [-0.1, -0.05) is 184 Å². The van der Waals surface area contributed by atoms with E-state index in [0.717, 1.165) is 29.0 Å². The molecule has 0 saturated carbocycles. The highest BCUT2D eigenvalue weighted by molar-refractivity contribution is 6.17. The molecule has 1 aliphatic heterocycles. The molecule has 2 nitrogen and oxygen atoms in total. The van der Waals surface area contributed by atoms with Crippen molar-refractivity contribution in [2.24, 2.45) is 4.99 Å². The Labute approximate surface area is 354 Å². The number of aromatic nitrogens is 1. The lowest BCUT2D eigenvalue weighted by molar-refractivity contribution is 1.19. The van der Waals surface area contributed by atoms with Crippen LogP contribution in [-0.2, 0) is 6.42 Å². The molecular formula is C58H48N2. The number of fused-ring (bicyclic) bond motifs is 11. The van der Waals surface area contributed by atoms with Crippen molar-refractivity contribution in [2.45, 2.75) is 34.1 Å². The average Bonchev–Trinajstić information content (AvgIpc) is 3.82. The van der Waals surface area contributed by atoms with Gasteiger partial charge in [0.05, 0.1) is 22.4 Å². The zero-order valence-corrected chi connectivity index (χ0v) is 34.8. The van der Waals surface area contributed by atoms with E-state index in [0.29, 0.717) is 0 Å². The quantitative estimate of drug-likeness (QED) is 0.155. The number of para-hydroxylation sites is 1. The lowest BCUT2D eigenvalue weighted by Gasteiger charge is -2.14. The number of benzene rings is 8. The minimum Gasteiger partial charge on any atom is -0.308 e. The van der Waals surface area contributed by atoms with Gasteiger partial charge in [-0.05, 0) is 101 Å². The largest absolute Gasteiger partial charge is 0.308 e. The van der Waals surface area contributed by atoms with E-state index in [1.807, 2.05) is 39.0 Å². The molecule has 0 atom stereocenters. The molecule has 0 amide bonds. The molecule has 9 aromatic rings. The summed E-state index contributed by atoms with van der Waals surface area (Å²) in [7, 11) is 0. The van der Waals surface area contributed by atoms with Gasteiger partial charge in [0.1, 0.15) is 0 Å². The van der Waals surface area contributed by atoms with Crippen molar-refractivity contribution < 1.29 is 0 Å². The summed E-state index contributed by atoms with van der Waals surface area (Å²) in [6, 6.07) is 65.3. The number of allylic oxidation sites excluding steroid dienone is 1. The summed E-state index contributed by atoms with van der Waals surface area (Å²) in [6.45, 7) is 16.5. The van der Waals surface area contributed by atoms with Crippen molar-refractivity contribution >= 4 is 38.8 Å². The van der Waals surface area contributed by atoms with E-state index < -0.39 is 0 Å². The van der Waals surface area contributed by atoms with Crippen LogP contribution in [0.2, 0.25) is 0 Å². The molecule has 11 rings (SSSR count). The molecular weight excluding hydrogens is 725 g/mol. The van der Waals surface area contributed by atoms with Crippen LogP contribution < -0.4 is 0 Å². The molecule has 0 N–H and O–H groups in total. The minimum atomic E-state index is 0.766. The molecule has 0 fully saturated rings. The van der Waals surface area contributed by atoms with Crippen LogP contribution in [0, 0.1) is 0 Å². The molecule has 2 heteroatoms. The Bertz CT molecular complexity index is 3120. The Hall–Kier alpha value is -7.29. The summed E-state index contributed by atoms with van der Waals surface area (Å²) in [4.78, 5) is 5.23. The fourth-order valence-corrected chi connectivity index (χ4v) is 8.97. The standard InChI is InChI=1S/C47H32N2.C9H10.C2H6/c1-29(48-30(2)36-21-12-16-34-25-33-15-6-7-17-37(33)46(34)36)35-27-42-39-19-9-8-18-38(39)41-26-32(31-13-4-3-5-14-31)23-24-45(41)49-44-22-11-10-20-40(44)43(28-35)47(42)49;1-8(2)9-6-4-3-5-7-9;1-2/h3-24,26-28H,1,25H2,2H3;3-7H,1H2,2H3;1-2H3. The van der Waals surface area contributed by atoms with E-state index in [-0.39, 0.29) is 0 Å². The smallest absolute Gasteiger partial charge is 0.0634 e. The van der Waals surface area contributed by atoms with Crippen molar-refractivity contribution in [3.63, 3.8) is 0 Å². The number of hydrogen-bond donors (Lipinski definition) is 0. The van der Waals surface area contributed by atoms with E-state index in [2.05, 4.69) is 188 Å². The highest BCUT2D eigenvalue weighted by atomic mass is 15.0. The summed E-state index contributed by atoms with van der Waals surface area (Å²) in [6.07, 6.45) is 0.965. The first-order chi connectivity index (χ1) is 29.4. The third-order valence-corrected chi connectivity index (χ3v) is 11.7. The lowest BCUT2D eigenvalue weighted by atomic mass is 9.91. The maximum Gasteiger partial charge on any atom is 0.0634 e. The first kappa shape index (κ1) is 38.2. The Morgan fingerprint density at radius 3 is 1.87 bits per heavy atom. The first-order valence-electron chi connectivity index (χ1n) is 21.0. The third-order valence-electron chi connectivity index (χ3n) is 11.7. The van der Waals surface area contributed by atoms with Crippen LogP contribution in [0.1, 0.15) is 55.5 Å². The number of hydrogen-bond acceptors (Lipinski definition) is 1. The van der Waals surface area contributed by atoms with Gasteiger partial charge in [-0.25, -0.2) is 0 Å². The van der Waals surface area contributed by atoms with E-state index in [1.54, 1.807) is 0 Å². The van der Waals surface area contributed by atoms with E-state index in [4.69, 9.17) is 4.99 Å². The molecule has 0 radical (unpaired) electrons. The maximum absolute atomic E-state index is 5.23. The Morgan fingerprint density at radius 2 is 1.13 bits per heavy atom. The highest BCUT2D eigenvalue weighted by Crippen LogP contribution is 2.48. The third kappa shape index (κ3) is 6.70. The van der Waals surface area contributed by atoms with Crippen molar-refractivity contribution in [3.8, 4) is 50.2 Å². The van der Waals surface area contributed by atoms with Gasteiger partial charge < -0.3 is 4.57 Å². The van der Waals surface area contributed by atoms with Crippen LogP contribution in [0.25, 0.3) is 83.3 Å². The second-order valence-corrected chi connectivity index (χ2v) is 15.4. The number of rotatable bonds is 5. The summed E-state index contributed by atoms with van der Waals surface area (Å²) in [5.41, 5.74) is 22.5. The van der Waals surface area contributed by atoms with Crippen molar-refractivity contribution in [1.29, 1.82) is 0 Å². The molecule has 0 unspecified atom stereocenters. The van der Waals surface area contributed by atoms with Crippen LogP contribution in [0.5, 0.6) is 0 Å². The first-order valence-corrected chi connectivity index (χ1v) is 21.0. The van der Waals surface area contributed by atoms with Gasteiger partial charge in [0.25, 0.3) is 0 Å². The SMILES string of the molecule is C=C(C)c1ccccc1.C=C(N=C(C)c1cccc2c1-c1ccccc1C2)c1cc2c3c(c1)c1ccccc1n3-c1ccc(-c3ccccc3)cc1-c1ccccc1-2.CC. The molecule has 2 heterocycles. The fraction of sp³-hybridized carbons (Fsp3) is 0.0862. The van der Waals surface area contributed by atoms with Gasteiger partial charge >= 0.3 is 0 Å². The van der Waals surface area contributed by atoms with Gasteiger partial charge in [-0.2, -0.15) is 0 Å². The summed E-state index contributed by atoms with van der Waals surface area (Å²) < 4.78 is 2.47. The number of nitrogens with zero attached hydrogens (tertiary/aromatic N) is 2.